The average molecular weight is 319 g/mol. The minimum absolute atomic E-state index is 0.0409. The normalized spacial score (nSPS) is 24.4. The molecule has 6 heteroatoms. The zero-order chi connectivity index (χ0) is 10.7. The monoisotopic (exact) mass is 319 g/mol. The Morgan fingerprint density at radius 1 is 1.64 bits per heavy atom. The smallest absolute Gasteiger partial charge is 0.315 e. The molecule has 0 aliphatic carbocycles. The van der Waals surface area contributed by atoms with E-state index >= 15 is 0 Å². The first kappa shape index (κ1) is 12.1. The first-order valence-electron chi connectivity index (χ1n) is 4.37. The van der Waals surface area contributed by atoms with Crippen molar-refractivity contribution in [2.45, 2.75) is 30.0 Å². The molecule has 0 bridgehead atoms. The number of carbonyl (C=O) groups excluding carboxylic acids is 1. The van der Waals surface area contributed by atoms with Crippen LogP contribution in [0.2, 0.25) is 0 Å². The lowest BCUT2D eigenvalue weighted by atomic mass is 10.3. The van der Waals surface area contributed by atoms with E-state index in [0.29, 0.717) is 13.0 Å². The van der Waals surface area contributed by atoms with Crippen LogP contribution in [0.25, 0.3) is 0 Å². The predicted molar refractivity (Wildman–Crippen MR) is 55.6 cm³/mol. The maximum atomic E-state index is 12.0. The number of nitrogens with zero attached hydrogens (tertiary/aromatic N) is 1. The van der Waals surface area contributed by atoms with Crippen LogP contribution in [0.4, 0.5) is 8.78 Å². The highest BCUT2D eigenvalue weighted by Crippen LogP contribution is 2.18. The molecule has 3 nitrogen and oxygen atoms in total. The van der Waals surface area contributed by atoms with E-state index in [1.54, 1.807) is 0 Å². The summed E-state index contributed by atoms with van der Waals surface area (Å²) >= 11 is 2.10. The van der Waals surface area contributed by atoms with Gasteiger partial charge in [-0.3, -0.25) is 4.79 Å². The van der Waals surface area contributed by atoms with Crippen molar-refractivity contribution in [3.05, 3.63) is 0 Å². The first-order valence-corrected chi connectivity index (χ1v) is 5.61. The van der Waals surface area contributed by atoms with Gasteiger partial charge in [0.2, 0.25) is 0 Å². The Morgan fingerprint density at radius 3 is 2.79 bits per heavy atom. The number of rotatable bonds is 3. The number of amides is 1. The minimum atomic E-state index is -2.90. The lowest BCUT2D eigenvalue weighted by Gasteiger charge is -2.16. The zero-order valence-corrected chi connectivity index (χ0v) is 9.91. The van der Waals surface area contributed by atoms with E-state index in [9.17, 15) is 13.6 Å². The highest BCUT2D eigenvalue weighted by atomic mass is 127. The highest BCUT2D eigenvalue weighted by molar-refractivity contribution is 14.1. The second kappa shape index (κ2) is 5.20. The van der Waals surface area contributed by atoms with Crippen LogP contribution in [-0.4, -0.2) is 40.5 Å². The van der Waals surface area contributed by atoms with Crippen molar-refractivity contribution >= 4 is 28.5 Å². The molecule has 14 heavy (non-hydrogen) atoms. The summed E-state index contributed by atoms with van der Waals surface area (Å²) < 4.78 is 29.5. The van der Waals surface area contributed by atoms with E-state index in [1.807, 2.05) is 6.92 Å². The summed E-state index contributed by atoms with van der Waals surface area (Å²) in [6.45, 7) is 2.53. The van der Waals surface area contributed by atoms with Crippen LogP contribution >= 0.6 is 22.6 Å². The average Bonchev–Trinajstić information content (AvgIpc) is 2.50. The molecule has 1 unspecified atom stereocenters. The number of carbonyl (C=O) groups is 1. The van der Waals surface area contributed by atoms with Crippen LogP contribution in [0.5, 0.6) is 0 Å². The van der Waals surface area contributed by atoms with E-state index < -0.39 is 12.3 Å². The van der Waals surface area contributed by atoms with Gasteiger partial charge in [0.05, 0.1) is 6.10 Å². The maximum absolute atomic E-state index is 12.0. The summed E-state index contributed by atoms with van der Waals surface area (Å²) in [5.41, 5.74) is 0. The number of ether oxygens (including phenoxy) is 1. The van der Waals surface area contributed by atoms with E-state index in [-0.39, 0.29) is 16.8 Å². The Bertz CT molecular complexity index is 214. The molecule has 2 atom stereocenters. The number of alkyl halides is 3. The van der Waals surface area contributed by atoms with E-state index in [4.69, 9.17) is 4.74 Å². The van der Waals surface area contributed by atoms with Crippen molar-refractivity contribution in [2.24, 2.45) is 0 Å². The van der Waals surface area contributed by atoms with Crippen molar-refractivity contribution in [3.8, 4) is 0 Å². The van der Waals surface area contributed by atoms with Crippen molar-refractivity contribution in [3.63, 3.8) is 0 Å². The van der Waals surface area contributed by atoms with Crippen LogP contribution in [0, 0.1) is 0 Å². The number of hydrogen-bond acceptors (Lipinski definition) is 2. The fourth-order valence-electron chi connectivity index (χ4n) is 1.44. The van der Waals surface area contributed by atoms with Crippen LogP contribution in [0.15, 0.2) is 0 Å². The van der Waals surface area contributed by atoms with Gasteiger partial charge in [0, 0.05) is 13.1 Å². The third-order valence-electron chi connectivity index (χ3n) is 2.02. The predicted octanol–water partition coefficient (Wildman–Crippen LogP) is 1.65. The van der Waals surface area contributed by atoms with Gasteiger partial charge in [0.1, 0.15) is 4.11 Å². The molecule has 0 spiro atoms. The van der Waals surface area contributed by atoms with Crippen molar-refractivity contribution in [2.75, 3.05) is 13.1 Å². The van der Waals surface area contributed by atoms with Gasteiger partial charge in [-0.05, 0) is 13.3 Å². The zero-order valence-electron chi connectivity index (χ0n) is 7.75. The molecule has 0 aromatic heterocycles. The molecule has 0 aromatic rings. The summed E-state index contributed by atoms with van der Waals surface area (Å²) in [5, 5.41) is 0. The number of halogens is 3. The topological polar surface area (TPSA) is 29.5 Å². The molecule has 1 fully saturated rings. The third-order valence-corrected chi connectivity index (χ3v) is 2.32. The molecule has 1 saturated heterocycles. The van der Waals surface area contributed by atoms with Crippen LogP contribution in [0.3, 0.4) is 0 Å². The van der Waals surface area contributed by atoms with Crippen molar-refractivity contribution < 1.29 is 18.3 Å². The second-order valence-electron chi connectivity index (χ2n) is 3.17. The van der Waals surface area contributed by atoms with Gasteiger partial charge in [0.25, 0.3) is 5.91 Å². The SMILES string of the molecule is CC(I)O[C@H]1CCN(C(=O)C(F)F)C1. The van der Waals surface area contributed by atoms with E-state index in [1.165, 1.54) is 0 Å². The van der Waals surface area contributed by atoms with Gasteiger partial charge >= 0.3 is 6.43 Å². The Hall–Kier alpha value is 0.0200. The lowest BCUT2D eigenvalue weighted by molar-refractivity contribution is -0.142. The van der Waals surface area contributed by atoms with Gasteiger partial charge in [-0.25, -0.2) is 0 Å². The molecule has 1 aliphatic rings. The summed E-state index contributed by atoms with van der Waals surface area (Å²) in [5.74, 6) is -1.09. The Balaban J connectivity index is 2.37. The second-order valence-corrected chi connectivity index (χ2v) is 4.93. The van der Waals surface area contributed by atoms with Crippen molar-refractivity contribution in [1.29, 1.82) is 0 Å². The summed E-state index contributed by atoms with van der Waals surface area (Å²) in [7, 11) is 0. The lowest BCUT2D eigenvalue weighted by Crippen LogP contribution is -2.34. The molecule has 0 aromatic carbocycles. The van der Waals surface area contributed by atoms with E-state index in [0.717, 1.165) is 4.90 Å². The number of likely N-dealkylation sites (tertiary alicyclic amines) is 1. The molecule has 0 saturated carbocycles. The molecule has 82 valence electrons. The van der Waals surface area contributed by atoms with E-state index in [2.05, 4.69) is 22.6 Å². The molecule has 1 heterocycles. The molecule has 1 rings (SSSR count). The molecule has 1 amide bonds. The Labute approximate surface area is 94.9 Å². The first-order chi connectivity index (χ1) is 6.50. The molecule has 0 radical (unpaired) electrons. The Kier molecular flexibility index (Phi) is 4.49. The van der Waals surface area contributed by atoms with Crippen molar-refractivity contribution in [1.82, 2.24) is 4.90 Å². The molecular formula is C8H12F2INO2. The summed E-state index contributed by atoms with van der Waals surface area (Å²) in [4.78, 5) is 12.1. The molecular weight excluding hydrogens is 307 g/mol. The van der Waals surface area contributed by atoms with Gasteiger partial charge in [-0.15, -0.1) is 0 Å². The van der Waals surface area contributed by atoms with Gasteiger partial charge in [0.15, 0.2) is 0 Å². The van der Waals surface area contributed by atoms with Gasteiger partial charge in [-0.2, -0.15) is 8.78 Å². The van der Waals surface area contributed by atoms with Gasteiger partial charge < -0.3 is 9.64 Å². The molecule has 1 aliphatic heterocycles. The Morgan fingerprint density at radius 2 is 2.29 bits per heavy atom. The largest absolute Gasteiger partial charge is 0.363 e. The summed E-state index contributed by atoms with van der Waals surface area (Å²) in [6, 6.07) is 0. The fraction of sp³-hybridized carbons (Fsp3) is 0.875. The van der Waals surface area contributed by atoms with Crippen LogP contribution < -0.4 is 0 Å². The minimum Gasteiger partial charge on any atom is -0.363 e. The molecule has 0 N–H and O–H groups in total. The quantitative estimate of drug-likeness (QED) is 0.585. The number of hydrogen-bond donors (Lipinski definition) is 0. The van der Waals surface area contributed by atoms with Crippen LogP contribution in [-0.2, 0) is 9.53 Å². The standard InChI is InChI=1S/C8H12F2INO2/c1-5(11)14-6-2-3-12(4-6)8(13)7(9)10/h5-7H,2-4H2,1H3/t5?,6-/m0/s1. The summed E-state index contributed by atoms with van der Waals surface area (Å²) in [6.07, 6.45) is -2.35. The highest BCUT2D eigenvalue weighted by Gasteiger charge is 2.31. The third kappa shape index (κ3) is 3.30. The maximum Gasteiger partial charge on any atom is 0.315 e. The van der Waals surface area contributed by atoms with Gasteiger partial charge in [-0.1, -0.05) is 22.6 Å². The fourth-order valence-corrected chi connectivity index (χ4v) is 1.86. The van der Waals surface area contributed by atoms with Crippen LogP contribution in [0.1, 0.15) is 13.3 Å².